The Hall–Kier alpha value is -0.570. The molecular weight excluding hydrogens is 228 g/mol. The van der Waals surface area contributed by atoms with E-state index in [1.54, 1.807) is 0 Å². The molecule has 2 unspecified atom stereocenters. The molecule has 0 spiro atoms. The van der Waals surface area contributed by atoms with Gasteiger partial charge in [0.05, 0.1) is 5.69 Å². The number of hydrogen-bond donors (Lipinski definition) is 1. The van der Waals surface area contributed by atoms with Crippen molar-refractivity contribution in [3.05, 3.63) is 22.3 Å². The van der Waals surface area contributed by atoms with Crippen LogP contribution in [-0.2, 0) is 0 Å². The molecule has 0 saturated heterocycles. The van der Waals surface area contributed by atoms with E-state index in [0.717, 1.165) is 21.9 Å². The summed E-state index contributed by atoms with van der Waals surface area (Å²) in [4.78, 5) is 4.43. The Morgan fingerprint density at radius 1 is 1.54 bits per heavy atom. The fourth-order valence-electron chi connectivity index (χ4n) is 1.34. The number of anilines is 1. The Labute approximate surface area is 86.9 Å². The quantitative estimate of drug-likeness (QED) is 0.860. The van der Waals surface area contributed by atoms with E-state index in [9.17, 15) is 0 Å². The van der Waals surface area contributed by atoms with Gasteiger partial charge in [-0.05, 0) is 47.3 Å². The second kappa shape index (κ2) is 3.29. The number of aryl methyl sites for hydroxylation is 1. The van der Waals surface area contributed by atoms with E-state index in [1.807, 2.05) is 19.1 Å². The monoisotopic (exact) mass is 240 g/mol. The molecule has 1 aromatic rings. The number of rotatable bonds is 2. The molecular formula is C10H13BrN2. The van der Waals surface area contributed by atoms with Crippen LogP contribution in [0, 0.1) is 12.8 Å². The van der Waals surface area contributed by atoms with Gasteiger partial charge in [-0.3, -0.25) is 0 Å². The Bertz CT molecular complexity index is 325. The van der Waals surface area contributed by atoms with Crippen LogP contribution in [0.3, 0.4) is 0 Å². The van der Waals surface area contributed by atoms with Gasteiger partial charge in [0.25, 0.3) is 0 Å². The molecule has 1 fully saturated rings. The lowest BCUT2D eigenvalue weighted by atomic mass is 10.3. The Kier molecular flexibility index (Phi) is 2.28. The first-order chi connectivity index (χ1) is 6.16. The molecule has 0 aromatic carbocycles. The molecule has 0 radical (unpaired) electrons. The maximum absolute atomic E-state index is 4.43. The van der Waals surface area contributed by atoms with Crippen molar-refractivity contribution in [2.45, 2.75) is 26.3 Å². The highest BCUT2D eigenvalue weighted by Gasteiger charge is 2.32. The first-order valence-corrected chi connectivity index (χ1v) is 5.36. The van der Waals surface area contributed by atoms with Crippen LogP contribution in [0.2, 0.25) is 0 Å². The van der Waals surface area contributed by atoms with Crippen molar-refractivity contribution in [3.8, 4) is 0 Å². The fourth-order valence-corrected chi connectivity index (χ4v) is 1.56. The van der Waals surface area contributed by atoms with Crippen LogP contribution in [0.4, 0.5) is 5.82 Å². The topological polar surface area (TPSA) is 24.9 Å². The van der Waals surface area contributed by atoms with Gasteiger partial charge in [-0.25, -0.2) is 4.98 Å². The number of aromatic nitrogens is 1. The van der Waals surface area contributed by atoms with E-state index in [0.29, 0.717) is 6.04 Å². The number of nitrogens with one attached hydrogen (secondary N) is 1. The van der Waals surface area contributed by atoms with Crippen LogP contribution in [-0.4, -0.2) is 11.0 Å². The van der Waals surface area contributed by atoms with Crippen molar-refractivity contribution < 1.29 is 0 Å². The van der Waals surface area contributed by atoms with E-state index in [2.05, 4.69) is 33.2 Å². The van der Waals surface area contributed by atoms with E-state index < -0.39 is 0 Å². The third kappa shape index (κ3) is 2.02. The highest BCUT2D eigenvalue weighted by Crippen LogP contribution is 2.32. The molecule has 1 saturated carbocycles. The van der Waals surface area contributed by atoms with Crippen molar-refractivity contribution in [1.29, 1.82) is 0 Å². The summed E-state index contributed by atoms with van der Waals surface area (Å²) in [7, 11) is 0. The largest absolute Gasteiger partial charge is 0.367 e. The summed E-state index contributed by atoms with van der Waals surface area (Å²) in [5, 5.41) is 3.40. The Balaban J connectivity index is 2.08. The molecule has 13 heavy (non-hydrogen) atoms. The Morgan fingerprint density at radius 2 is 2.23 bits per heavy atom. The molecule has 2 rings (SSSR count). The van der Waals surface area contributed by atoms with Gasteiger partial charge >= 0.3 is 0 Å². The molecule has 1 heterocycles. The first-order valence-electron chi connectivity index (χ1n) is 4.56. The molecule has 70 valence electrons. The second-order valence-electron chi connectivity index (χ2n) is 3.73. The summed E-state index contributed by atoms with van der Waals surface area (Å²) in [5.74, 6) is 1.81. The van der Waals surface area contributed by atoms with Gasteiger partial charge in [-0.1, -0.05) is 6.92 Å². The van der Waals surface area contributed by atoms with E-state index >= 15 is 0 Å². The minimum atomic E-state index is 0.646. The van der Waals surface area contributed by atoms with Gasteiger partial charge in [0.15, 0.2) is 0 Å². The molecule has 2 nitrogen and oxygen atoms in total. The summed E-state index contributed by atoms with van der Waals surface area (Å²) >= 11 is 3.43. The molecule has 0 amide bonds. The van der Waals surface area contributed by atoms with Crippen LogP contribution in [0.25, 0.3) is 0 Å². The number of pyridine rings is 1. The number of nitrogens with zero attached hydrogens (tertiary/aromatic N) is 1. The van der Waals surface area contributed by atoms with Crippen LogP contribution < -0.4 is 5.32 Å². The third-order valence-corrected chi connectivity index (χ3v) is 3.30. The minimum Gasteiger partial charge on any atom is -0.367 e. The smallest absolute Gasteiger partial charge is 0.126 e. The predicted molar refractivity (Wildman–Crippen MR) is 57.9 cm³/mol. The number of halogens is 1. The summed E-state index contributed by atoms with van der Waals surface area (Å²) in [6, 6.07) is 4.70. The zero-order chi connectivity index (χ0) is 9.42. The molecule has 1 N–H and O–H groups in total. The van der Waals surface area contributed by atoms with Crippen LogP contribution in [0.5, 0.6) is 0 Å². The van der Waals surface area contributed by atoms with Crippen molar-refractivity contribution in [3.63, 3.8) is 0 Å². The maximum Gasteiger partial charge on any atom is 0.126 e. The Morgan fingerprint density at radius 3 is 2.77 bits per heavy atom. The van der Waals surface area contributed by atoms with Gasteiger partial charge in [0.2, 0.25) is 0 Å². The highest BCUT2D eigenvalue weighted by atomic mass is 79.9. The van der Waals surface area contributed by atoms with Crippen LogP contribution in [0.1, 0.15) is 19.0 Å². The summed E-state index contributed by atoms with van der Waals surface area (Å²) in [5.41, 5.74) is 1.04. The number of hydrogen-bond acceptors (Lipinski definition) is 2. The molecule has 2 atom stereocenters. The van der Waals surface area contributed by atoms with Gasteiger partial charge < -0.3 is 5.32 Å². The van der Waals surface area contributed by atoms with Crippen LogP contribution >= 0.6 is 15.9 Å². The lowest BCUT2D eigenvalue weighted by Gasteiger charge is -2.05. The lowest BCUT2D eigenvalue weighted by molar-refractivity contribution is 0.921. The second-order valence-corrected chi connectivity index (χ2v) is 4.58. The van der Waals surface area contributed by atoms with Crippen molar-refractivity contribution in [2.75, 3.05) is 5.32 Å². The normalized spacial score (nSPS) is 25.8. The molecule has 0 bridgehead atoms. The third-order valence-electron chi connectivity index (χ3n) is 2.46. The predicted octanol–water partition coefficient (Wildman–Crippen LogP) is 2.97. The van der Waals surface area contributed by atoms with Crippen molar-refractivity contribution >= 4 is 21.7 Å². The SMILES string of the molecule is Cc1nc(NC2CC2C)ccc1Br. The zero-order valence-corrected chi connectivity index (χ0v) is 9.43. The van der Waals surface area contributed by atoms with E-state index in [1.165, 1.54) is 6.42 Å². The van der Waals surface area contributed by atoms with Gasteiger partial charge in [-0.15, -0.1) is 0 Å². The zero-order valence-electron chi connectivity index (χ0n) is 7.84. The van der Waals surface area contributed by atoms with Crippen molar-refractivity contribution in [2.24, 2.45) is 5.92 Å². The van der Waals surface area contributed by atoms with E-state index in [-0.39, 0.29) is 0 Å². The molecule has 1 aliphatic carbocycles. The molecule has 3 heteroatoms. The first kappa shape index (κ1) is 9.00. The molecule has 0 aliphatic heterocycles. The van der Waals surface area contributed by atoms with Crippen LogP contribution in [0.15, 0.2) is 16.6 Å². The summed E-state index contributed by atoms with van der Waals surface area (Å²) < 4.78 is 1.07. The molecule has 1 aliphatic rings. The van der Waals surface area contributed by atoms with Gasteiger partial charge in [0.1, 0.15) is 5.82 Å². The van der Waals surface area contributed by atoms with Crippen molar-refractivity contribution in [1.82, 2.24) is 4.98 Å². The summed E-state index contributed by atoms with van der Waals surface area (Å²) in [6.07, 6.45) is 1.27. The summed E-state index contributed by atoms with van der Waals surface area (Å²) in [6.45, 7) is 4.26. The molecule has 1 aromatic heterocycles. The minimum absolute atomic E-state index is 0.646. The maximum atomic E-state index is 4.43. The van der Waals surface area contributed by atoms with Gasteiger partial charge in [-0.2, -0.15) is 0 Å². The average molecular weight is 241 g/mol. The standard InChI is InChI=1S/C10H13BrN2/c1-6-5-9(6)13-10-4-3-8(11)7(2)12-10/h3-4,6,9H,5H2,1-2H3,(H,12,13). The van der Waals surface area contributed by atoms with E-state index in [4.69, 9.17) is 0 Å². The highest BCUT2D eigenvalue weighted by molar-refractivity contribution is 9.10. The average Bonchev–Trinajstić information content (AvgIpc) is 2.75. The lowest BCUT2D eigenvalue weighted by Crippen LogP contribution is -2.05. The van der Waals surface area contributed by atoms with Gasteiger partial charge in [0, 0.05) is 10.5 Å². The fraction of sp³-hybridized carbons (Fsp3) is 0.500.